The van der Waals surface area contributed by atoms with E-state index in [9.17, 15) is 4.39 Å². The molecule has 0 bridgehead atoms. The molecule has 0 N–H and O–H groups in total. The average Bonchev–Trinajstić information content (AvgIpc) is 2.36. The van der Waals surface area contributed by atoms with Crippen LogP contribution in [0.2, 0.25) is 0 Å². The highest BCUT2D eigenvalue weighted by Gasteiger charge is 2.13. The molecular weight excluding hydrogens is 143 g/mol. The fourth-order valence-electron chi connectivity index (χ4n) is 1.32. The van der Waals surface area contributed by atoms with E-state index >= 15 is 0 Å². The van der Waals surface area contributed by atoms with E-state index < -0.39 is 0 Å². The minimum Gasteiger partial charge on any atom is -0.493 e. The molecule has 0 amide bonds. The number of hydrogen-bond acceptors (Lipinski definition) is 1. The first-order valence-corrected chi connectivity index (χ1v) is 3.69. The summed E-state index contributed by atoms with van der Waals surface area (Å²) in [6.45, 7) is 2.46. The summed E-state index contributed by atoms with van der Waals surface area (Å²) in [4.78, 5) is 0. The van der Waals surface area contributed by atoms with E-state index in [1.807, 2.05) is 6.07 Å². The summed E-state index contributed by atoms with van der Waals surface area (Å²) in [6, 6.07) is 3.33. The van der Waals surface area contributed by atoms with Gasteiger partial charge in [0.2, 0.25) is 0 Å². The smallest absolute Gasteiger partial charge is 0.129 e. The van der Waals surface area contributed by atoms with E-state index in [2.05, 4.69) is 0 Å². The summed E-state index contributed by atoms with van der Waals surface area (Å²) in [6.07, 6.45) is 0.913. The minimum atomic E-state index is -0.175. The Balaban J connectivity index is 2.57. The van der Waals surface area contributed by atoms with Gasteiger partial charge in [-0.05, 0) is 24.1 Å². The Morgan fingerprint density at radius 3 is 3.09 bits per heavy atom. The summed E-state index contributed by atoms with van der Waals surface area (Å²) in [5.41, 5.74) is 1.83. The topological polar surface area (TPSA) is 9.23 Å². The first-order chi connectivity index (χ1) is 5.27. The lowest BCUT2D eigenvalue weighted by atomic mass is 10.1. The van der Waals surface area contributed by atoms with E-state index in [0.717, 1.165) is 12.0 Å². The summed E-state index contributed by atoms with van der Waals surface area (Å²) in [5.74, 6) is 0.541. The van der Waals surface area contributed by atoms with Crippen molar-refractivity contribution in [1.29, 1.82) is 0 Å². The second kappa shape index (κ2) is 2.22. The average molecular weight is 152 g/mol. The fourth-order valence-corrected chi connectivity index (χ4v) is 1.32. The number of ether oxygens (including phenoxy) is 1. The molecule has 58 valence electrons. The first-order valence-electron chi connectivity index (χ1n) is 3.69. The van der Waals surface area contributed by atoms with E-state index in [0.29, 0.717) is 17.9 Å². The molecule has 1 aromatic rings. The third-order valence-corrected chi connectivity index (χ3v) is 1.97. The zero-order valence-corrected chi connectivity index (χ0v) is 6.36. The maximum atomic E-state index is 12.9. The molecule has 0 aromatic heterocycles. The molecule has 0 spiro atoms. The van der Waals surface area contributed by atoms with E-state index in [-0.39, 0.29) is 5.82 Å². The summed E-state index contributed by atoms with van der Waals surface area (Å²) in [5, 5.41) is 0. The zero-order valence-electron chi connectivity index (χ0n) is 6.36. The van der Waals surface area contributed by atoms with Gasteiger partial charge in [0.25, 0.3) is 0 Å². The van der Waals surface area contributed by atoms with E-state index in [1.165, 1.54) is 6.07 Å². The van der Waals surface area contributed by atoms with Crippen LogP contribution in [0.25, 0.3) is 0 Å². The van der Waals surface area contributed by atoms with Crippen molar-refractivity contribution in [2.45, 2.75) is 13.3 Å². The molecule has 1 aliphatic heterocycles. The highest BCUT2D eigenvalue weighted by molar-refractivity contribution is 5.40. The highest BCUT2D eigenvalue weighted by atomic mass is 19.1. The Kier molecular flexibility index (Phi) is 1.34. The number of rotatable bonds is 0. The molecule has 0 fully saturated rings. The van der Waals surface area contributed by atoms with Crippen molar-refractivity contribution in [3.63, 3.8) is 0 Å². The Hall–Kier alpha value is -1.05. The molecule has 0 saturated heterocycles. The van der Waals surface area contributed by atoms with Gasteiger partial charge in [-0.1, -0.05) is 0 Å². The van der Waals surface area contributed by atoms with Crippen LogP contribution in [0.1, 0.15) is 11.1 Å². The molecule has 1 heterocycles. The molecular formula is C9H9FO. The second-order valence-electron chi connectivity index (χ2n) is 2.81. The zero-order chi connectivity index (χ0) is 7.84. The van der Waals surface area contributed by atoms with Gasteiger partial charge in [0.05, 0.1) is 6.61 Å². The van der Waals surface area contributed by atoms with Crippen molar-refractivity contribution < 1.29 is 9.13 Å². The van der Waals surface area contributed by atoms with Gasteiger partial charge in [-0.2, -0.15) is 0 Å². The third-order valence-electron chi connectivity index (χ3n) is 1.97. The molecule has 2 rings (SSSR count). The van der Waals surface area contributed by atoms with Crippen molar-refractivity contribution in [2.24, 2.45) is 0 Å². The molecule has 0 unspecified atom stereocenters. The summed E-state index contributed by atoms with van der Waals surface area (Å²) < 4.78 is 18.1. The normalized spacial score (nSPS) is 14.4. The Bertz CT molecular complexity index is 265. The predicted octanol–water partition coefficient (Wildman–Crippen LogP) is 2.07. The van der Waals surface area contributed by atoms with Crippen LogP contribution in [-0.2, 0) is 6.42 Å². The first kappa shape index (κ1) is 6.65. The van der Waals surface area contributed by atoms with Crippen LogP contribution >= 0.6 is 0 Å². The largest absolute Gasteiger partial charge is 0.493 e. The molecule has 1 aliphatic rings. The maximum Gasteiger partial charge on any atom is 0.129 e. The fraction of sp³-hybridized carbons (Fsp3) is 0.333. The molecule has 0 aliphatic carbocycles. The van der Waals surface area contributed by atoms with Crippen LogP contribution in [0.4, 0.5) is 4.39 Å². The molecule has 0 saturated carbocycles. The predicted molar refractivity (Wildman–Crippen MR) is 40.3 cm³/mol. The standard InChI is InChI=1S/C9H9FO/c1-6-4-7-2-3-11-9(7)5-8(6)10/h4-5H,2-3H2,1H3. The van der Waals surface area contributed by atoms with Crippen LogP contribution in [0, 0.1) is 12.7 Å². The Labute approximate surface area is 64.8 Å². The molecule has 0 atom stereocenters. The number of hydrogen-bond donors (Lipinski definition) is 0. The van der Waals surface area contributed by atoms with Gasteiger partial charge in [0.15, 0.2) is 0 Å². The van der Waals surface area contributed by atoms with Gasteiger partial charge in [0.1, 0.15) is 11.6 Å². The van der Waals surface area contributed by atoms with Gasteiger partial charge in [-0.3, -0.25) is 0 Å². The number of aryl methyl sites for hydroxylation is 1. The van der Waals surface area contributed by atoms with Crippen LogP contribution in [0.15, 0.2) is 12.1 Å². The molecule has 2 heteroatoms. The molecule has 11 heavy (non-hydrogen) atoms. The molecule has 0 radical (unpaired) electrons. The maximum absolute atomic E-state index is 12.9. The number of fused-ring (bicyclic) bond motifs is 1. The van der Waals surface area contributed by atoms with Gasteiger partial charge in [-0.15, -0.1) is 0 Å². The Morgan fingerprint density at radius 2 is 2.27 bits per heavy atom. The van der Waals surface area contributed by atoms with Gasteiger partial charge in [0, 0.05) is 12.5 Å². The quantitative estimate of drug-likeness (QED) is 0.553. The lowest BCUT2D eigenvalue weighted by Gasteiger charge is -2.00. The van der Waals surface area contributed by atoms with Crippen LogP contribution < -0.4 is 4.74 Å². The van der Waals surface area contributed by atoms with Crippen molar-refractivity contribution >= 4 is 0 Å². The van der Waals surface area contributed by atoms with Gasteiger partial charge >= 0.3 is 0 Å². The lowest BCUT2D eigenvalue weighted by molar-refractivity contribution is 0.355. The summed E-state index contributed by atoms with van der Waals surface area (Å²) >= 11 is 0. The van der Waals surface area contributed by atoms with Crippen LogP contribution in [0.5, 0.6) is 5.75 Å². The van der Waals surface area contributed by atoms with Crippen molar-refractivity contribution in [3.05, 3.63) is 29.1 Å². The summed E-state index contributed by atoms with van der Waals surface area (Å²) in [7, 11) is 0. The molecule has 1 aromatic carbocycles. The van der Waals surface area contributed by atoms with Crippen LogP contribution in [0.3, 0.4) is 0 Å². The Morgan fingerprint density at radius 1 is 1.45 bits per heavy atom. The third kappa shape index (κ3) is 0.985. The monoisotopic (exact) mass is 152 g/mol. The van der Waals surface area contributed by atoms with Gasteiger partial charge in [-0.25, -0.2) is 4.39 Å². The second-order valence-corrected chi connectivity index (χ2v) is 2.81. The van der Waals surface area contributed by atoms with Crippen molar-refractivity contribution in [3.8, 4) is 5.75 Å². The molecule has 1 nitrogen and oxygen atoms in total. The lowest BCUT2D eigenvalue weighted by Crippen LogP contribution is -1.86. The van der Waals surface area contributed by atoms with Crippen LogP contribution in [-0.4, -0.2) is 6.61 Å². The van der Waals surface area contributed by atoms with E-state index in [4.69, 9.17) is 4.74 Å². The number of halogens is 1. The van der Waals surface area contributed by atoms with Crippen molar-refractivity contribution in [1.82, 2.24) is 0 Å². The van der Waals surface area contributed by atoms with Crippen molar-refractivity contribution in [2.75, 3.05) is 6.61 Å². The number of benzene rings is 1. The minimum absolute atomic E-state index is 0.175. The SMILES string of the molecule is Cc1cc2c(cc1F)OCC2. The highest BCUT2D eigenvalue weighted by Crippen LogP contribution is 2.27. The van der Waals surface area contributed by atoms with Gasteiger partial charge < -0.3 is 4.74 Å². The van der Waals surface area contributed by atoms with E-state index in [1.54, 1.807) is 6.92 Å².